The van der Waals surface area contributed by atoms with Gasteiger partial charge in [0, 0.05) is 6.42 Å². The van der Waals surface area contributed by atoms with Crippen molar-refractivity contribution in [2.45, 2.75) is 56.0 Å². The first-order chi connectivity index (χ1) is 12.0. The molecule has 0 aromatic carbocycles. The van der Waals surface area contributed by atoms with E-state index in [-0.39, 0.29) is 36.6 Å². The van der Waals surface area contributed by atoms with E-state index in [1.54, 1.807) is 13.8 Å². The molecule has 8 nitrogen and oxygen atoms in total. The number of carbonyl (C=O) groups excluding carboxylic acids is 3. The summed E-state index contributed by atoms with van der Waals surface area (Å²) in [6.07, 6.45) is 1.54. The lowest BCUT2D eigenvalue weighted by Gasteiger charge is -2.11. The van der Waals surface area contributed by atoms with E-state index in [1.165, 1.54) is 23.1 Å². The minimum absolute atomic E-state index is 0.0154. The van der Waals surface area contributed by atoms with Gasteiger partial charge in [0.25, 0.3) is 0 Å². The second-order valence-corrected chi connectivity index (χ2v) is 7.30. The first-order valence-electron chi connectivity index (χ1n) is 8.12. The van der Waals surface area contributed by atoms with Crippen molar-refractivity contribution in [3.8, 4) is 0 Å². The van der Waals surface area contributed by atoms with Crippen LogP contribution in [0.25, 0.3) is 0 Å². The molecule has 0 aliphatic rings. The van der Waals surface area contributed by atoms with Crippen molar-refractivity contribution in [3.05, 3.63) is 0 Å². The van der Waals surface area contributed by atoms with Gasteiger partial charge in [-0.05, 0) is 20.3 Å². The van der Waals surface area contributed by atoms with Crippen LogP contribution in [-0.4, -0.2) is 46.5 Å². The number of nitrogens with zero attached hydrogens (tertiary/aromatic N) is 2. The Morgan fingerprint density at radius 2 is 1.84 bits per heavy atom. The normalized spacial score (nSPS) is 11.6. The third-order valence-electron chi connectivity index (χ3n) is 2.86. The molecule has 140 valence electrons. The van der Waals surface area contributed by atoms with Crippen molar-refractivity contribution in [1.29, 1.82) is 0 Å². The molecule has 10 heteroatoms. The van der Waals surface area contributed by atoms with Crippen LogP contribution in [0.5, 0.6) is 0 Å². The van der Waals surface area contributed by atoms with Gasteiger partial charge in [-0.1, -0.05) is 36.4 Å². The fraction of sp³-hybridized carbons (Fsp3) is 0.667. The summed E-state index contributed by atoms with van der Waals surface area (Å²) in [7, 11) is 0. The number of esters is 2. The molecule has 1 heterocycles. The molecule has 1 amide bonds. The van der Waals surface area contributed by atoms with E-state index in [0.29, 0.717) is 22.5 Å². The highest BCUT2D eigenvalue weighted by Crippen LogP contribution is 2.31. The van der Waals surface area contributed by atoms with Crippen molar-refractivity contribution in [3.63, 3.8) is 0 Å². The van der Waals surface area contributed by atoms with Crippen molar-refractivity contribution in [1.82, 2.24) is 10.2 Å². The fourth-order valence-electron chi connectivity index (χ4n) is 1.78. The summed E-state index contributed by atoms with van der Waals surface area (Å²) in [6.45, 7) is 6.08. The van der Waals surface area contributed by atoms with Gasteiger partial charge in [-0.3, -0.25) is 14.4 Å². The van der Waals surface area contributed by atoms with Gasteiger partial charge in [-0.25, -0.2) is 0 Å². The number of rotatable bonds is 11. The Balaban J connectivity index is 2.52. The number of nitrogens with one attached hydrogen (secondary N) is 1. The molecule has 1 aromatic heterocycles. The molecule has 0 spiro atoms. The summed E-state index contributed by atoms with van der Waals surface area (Å²) in [5.41, 5.74) is 0. The minimum Gasteiger partial charge on any atom is -0.466 e. The number of aromatic nitrogens is 2. The second-order valence-electron chi connectivity index (χ2n) is 4.87. The van der Waals surface area contributed by atoms with Crippen LogP contribution in [0.2, 0.25) is 0 Å². The molecule has 0 saturated heterocycles. The summed E-state index contributed by atoms with van der Waals surface area (Å²) in [5, 5.41) is 10.4. The summed E-state index contributed by atoms with van der Waals surface area (Å²) < 4.78 is 10.4. The van der Waals surface area contributed by atoms with Crippen LogP contribution in [0.15, 0.2) is 4.34 Å². The summed E-state index contributed by atoms with van der Waals surface area (Å²) in [5.74, 6) is -1.02. The van der Waals surface area contributed by atoms with Crippen LogP contribution in [0.4, 0.5) is 5.13 Å². The second kappa shape index (κ2) is 11.8. The number of ether oxygens (including phenoxy) is 2. The average molecular weight is 389 g/mol. The molecule has 0 bridgehead atoms. The van der Waals surface area contributed by atoms with E-state index < -0.39 is 5.97 Å². The zero-order valence-electron chi connectivity index (χ0n) is 14.6. The fourth-order valence-corrected chi connectivity index (χ4v) is 3.90. The topological polar surface area (TPSA) is 107 Å². The Labute approximate surface area is 155 Å². The van der Waals surface area contributed by atoms with Gasteiger partial charge in [-0.15, -0.1) is 10.2 Å². The predicted molar refractivity (Wildman–Crippen MR) is 95.6 cm³/mol. The smallest absolute Gasteiger partial charge is 0.319 e. The molecular formula is C15H23N3O5S2. The van der Waals surface area contributed by atoms with E-state index in [2.05, 4.69) is 15.5 Å². The predicted octanol–water partition coefficient (Wildman–Crippen LogP) is 2.64. The van der Waals surface area contributed by atoms with Crippen LogP contribution in [0.3, 0.4) is 0 Å². The molecule has 1 aromatic rings. The first kappa shape index (κ1) is 21.4. The number of carbonyl (C=O) groups is 3. The van der Waals surface area contributed by atoms with Gasteiger partial charge in [0.2, 0.25) is 11.0 Å². The molecular weight excluding hydrogens is 366 g/mol. The maximum absolute atomic E-state index is 11.9. The summed E-state index contributed by atoms with van der Waals surface area (Å²) in [4.78, 5) is 34.9. The largest absolute Gasteiger partial charge is 0.466 e. The van der Waals surface area contributed by atoms with E-state index in [4.69, 9.17) is 9.47 Å². The molecule has 0 saturated carbocycles. The van der Waals surface area contributed by atoms with Crippen molar-refractivity contribution in [2.75, 3.05) is 18.5 Å². The molecule has 0 unspecified atom stereocenters. The Hall–Kier alpha value is -1.68. The van der Waals surface area contributed by atoms with Crippen molar-refractivity contribution >= 4 is 46.1 Å². The standard InChI is InChI=1S/C15H23N3O5S2/c1-4-7-10(13(21)23-6-3)24-15-18-17-14(25-15)16-11(19)8-9-12(20)22-5-2/h10H,4-9H2,1-3H3,(H,16,17,19)/t10-/m1/s1. The average Bonchev–Trinajstić information content (AvgIpc) is 3.00. The minimum atomic E-state index is -0.414. The molecule has 0 aliphatic carbocycles. The molecule has 0 fully saturated rings. The monoisotopic (exact) mass is 389 g/mol. The Bertz CT molecular complexity index is 579. The SMILES string of the molecule is CCC[C@@H](Sc1nnc(NC(=O)CCC(=O)OCC)s1)C(=O)OCC. The Morgan fingerprint density at radius 3 is 2.48 bits per heavy atom. The number of amides is 1. The maximum atomic E-state index is 11.9. The zero-order valence-corrected chi connectivity index (χ0v) is 16.2. The van der Waals surface area contributed by atoms with Crippen LogP contribution < -0.4 is 5.32 Å². The molecule has 1 N–H and O–H groups in total. The third kappa shape index (κ3) is 8.30. The number of thioether (sulfide) groups is 1. The zero-order chi connectivity index (χ0) is 18.7. The van der Waals surface area contributed by atoms with E-state index in [9.17, 15) is 14.4 Å². The molecule has 1 rings (SSSR count). The summed E-state index contributed by atoms with van der Waals surface area (Å²) in [6, 6.07) is 0. The van der Waals surface area contributed by atoms with Gasteiger partial charge in [-0.2, -0.15) is 0 Å². The summed E-state index contributed by atoms with van der Waals surface area (Å²) >= 11 is 2.46. The highest BCUT2D eigenvalue weighted by Gasteiger charge is 2.22. The van der Waals surface area contributed by atoms with Gasteiger partial charge >= 0.3 is 11.9 Å². The molecule has 25 heavy (non-hydrogen) atoms. The lowest BCUT2D eigenvalue weighted by molar-refractivity contribution is -0.144. The van der Waals surface area contributed by atoms with Crippen molar-refractivity contribution < 1.29 is 23.9 Å². The molecule has 0 aliphatic heterocycles. The first-order valence-corrected chi connectivity index (χ1v) is 9.81. The highest BCUT2D eigenvalue weighted by atomic mass is 32.2. The number of anilines is 1. The third-order valence-corrected chi connectivity index (χ3v) is 5.03. The van der Waals surface area contributed by atoms with E-state index >= 15 is 0 Å². The van der Waals surface area contributed by atoms with Crippen LogP contribution >= 0.6 is 23.1 Å². The number of hydrogen-bond acceptors (Lipinski definition) is 9. The van der Waals surface area contributed by atoms with Crippen molar-refractivity contribution in [2.24, 2.45) is 0 Å². The number of hydrogen-bond donors (Lipinski definition) is 1. The van der Waals surface area contributed by atoms with Crippen LogP contribution in [-0.2, 0) is 23.9 Å². The molecule has 0 radical (unpaired) electrons. The van der Waals surface area contributed by atoms with E-state index in [0.717, 1.165) is 6.42 Å². The van der Waals surface area contributed by atoms with Crippen LogP contribution in [0.1, 0.15) is 46.5 Å². The van der Waals surface area contributed by atoms with Crippen LogP contribution in [0, 0.1) is 0 Å². The lowest BCUT2D eigenvalue weighted by atomic mass is 10.2. The maximum Gasteiger partial charge on any atom is 0.319 e. The Kier molecular flexibility index (Phi) is 10.1. The van der Waals surface area contributed by atoms with E-state index in [1.807, 2.05) is 6.92 Å². The van der Waals surface area contributed by atoms with Gasteiger partial charge in [0.05, 0.1) is 19.6 Å². The lowest BCUT2D eigenvalue weighted by Crippen LogP contribution is -2.20. The Morgan fingerprint density at radius 1 is 1.12 bits per heavy atom. The van der Waals surface area contributed by atoms with Gasteiger partial charge in [0.1, 0.15) is 5.25 Å². The molecule has 1 atom stereocenters. The van der Waals surface area contributed by atoms with Gasteiger partial charge in [0.15, 0.2) is 4.34 Å². The van der Waals surface area contributed by atoms with Gasteiger partial charge < -0.3 is 14.8 Å². The highest BCUT2D eigenvalue weighted by molar-refractivity contribution is 8.02. The quantitative estimate of drug-likeness (QED) is 0.350.